The van der Waals surface area contributed by atoms with E-state index in [0.717, 1.165) is 35.8 Å². The molecule has 1 aromatic heterocycles. The Kier molecular flexibility index (Phi) is 7.82. The number of fused-ring (bicyclic) bond motifs is 13. The number of hydrogen-bond acceptors (Lipinski definition) is 3. The molecule has 65 heavy (non-hydrogen) atoms. The second-order valence-electron chi connectivity index (χ2n) is 20.0. The van der Waals surface area contributed by atoms with Crippen LogP contribution in [0.3, 0.4) is 0 Å². The van der Waals surface area contributed by atoms with Gasteiger partial charge in [0, 0.05) is 42.9 Å². The Bertz CT molecular complexity index is 3510. The van der Waals surface area contributed by atoms with Gasteiger partial charge in [0.15, 0.2) is 0 Å². The number of allylic oxidation sites excluding steroid dienone is 8. The summed E-state index contributed by atoms with van der Waals surface area (Å²) in [5.74, 6) is 3.48. The van der Waals surface area contributed by atoms with Gasteiger partial charge >= 0.3 is 0 Å². The second kappa shape index (κ2) is 13.5. The molecule has 8 aliphatic rings. The average Bonchev–Trinajstić information content (AvgIpc) is 3.97. The summed E-state index contributed by atoms with van der Waals surface area (Å²) in [6.07, 6.45) is 21.7. The fraction of sp³-hybridized carbons (Fsp3) is 0.213. The maximum Gasteiger partial charge on any atom is 0.279 e. The molecule has 3 nitrogen and oxygen atoms in total. The Morgan fingerprint density at radius 2 is 1.49 bits per heavy atom. The molecular formula is C61H50N3S+. The summed E-state index contributed by atoms with van der Waals surface area (Å²) in [5.41, 5.74) is 17.2. The summed E-state index contributed by atoms with van der Waals surface area (Å²) < 4.78 is 5.22. The van der Waals surface area contributed by atoms with Crippen molar-refractivity contribution >= 4 is 61.7 Å². The molecule has 0 saturated carbocycles. The summed E-state index contributed by atoms with van der Waals surface area (Å²) in [5, 5.41) is 2.82. The lowest BCUT2D eigenvalue weighted by Crippen LogP contribution is -2.63. The van der Waals surface area contributed by atoms with E-state index in [9.17, 15) is 0 Å². The normalized spacial score (nSPS) is 28.6. The first kappa shape index (κ1) is 37.7. The van der Waals surface area contributed by atoms with Gasteiger partial charge < -0.3 is 4.90 Å². The molecule has 6 aromatic rings. The Morgan fingerprint density at radius 3 is 2.32 bits per heavy atom. The van der Waals surface area contributed by atoms with Crippen molar-refractivity contribution in [1.29, 1.82) is 0 Å². The van der Waals surface area contributed by atoms with E-state index in [1.807, 2.05) is 11.3 Å². The SMILES string of the molecule is CC1C=CC(C2=NC(c3ccccc3)=[N+]2c2ccc(C3C=CC4=C(C3C)C3(c5ccccc54)c4ccccc4N4C5=C(CC(C)C=C5)C5=c6sc7ccccc7c6=CC3(C)C54)cc2)=CC1. The van der Waals surface area contributed by atoms with Gasteiger partial charge in [0.2, 0.25) is 0 Å². The van der Waals surface area contributed by atoms with Gasteiger partial charge in [0.25, 0.3) is 11.7 Å². The third-order valence-corrected chi connectivity index (χ3v) is 17.6. The summed E-state index contributed by atoms with van der Waals surface area (Å²) in [6, 6.07) is 48.4. The molecule has 5 aliphatic carbocycles. The zero-order chi connectivity index (χ0) is 43.3. The van der Waals surface area contributed by atoms with Gasteiger partial charge in [-0.25, -0.2) is 0 Å². The highest BCUT2D eigenvalue weighted by Crippen LogP contribution is 2.72. The van der Waals surface area contributed by atoms with E-state index in [-0.39, 0.29) is 23.3 Å². The Labute approximate surface area is 385 Å². The maximum absolute atomic E-state index is 5.16. The van der Waals surface area contributed by atoms with Crippen molar-refractivity contribution in [3.8, 4) is 0 Å². The fourth-order valence-electron chi connectivity index (χ4n) is 13.6. The van der Waals surface area contributed by atoms with Crippen LogP contribution in [-0.4, -0.2) is 22.3 Å². The molecule has 0 bridgehead atoms. The number of rotatable bonds is 4. The van der Waals surface area contributed by atoms with Crippen LogP contribution in [0.5, 0.6) is 0 Å². The van der Waals surface area contributed by atoms with E-state index in [1.54, 1.807) is 16.7 Å². The van der Waals surface area contributed by atoms with Crippen LogP contribution in [0.4, 0.5) is 11.4 Å². The number of hydrogen-bond donors (Lipinski definition) is 0. The molecule has 0 radical (unpaired) electrons. The highest BCUT2D eigenvalue weighted by Gasteiger charge is 2.68. The Morgan fingerprint density at radius 1 is 0.738 bits per heavy atom. The van der Waals surface area contributed by atoms with Gasteiger partial charge in [-0.2, -0.15) is 4.58 Å². The monoisotopic (exact) mass is 856 g/mol. The standard InChI is InChI=1S/C61H50N3S/c1-36-22-25-41(26-23-36)59-62-58(40-14-6-5-7-15-40)63(59)42-29-27-39(28-30-42)43-31-32-46-44-16-8-10-18-49(44)61(55(46)38(43)3)50-19-11-12-20-52(50)64-51-33-24-37(2)34-47(51)54-56-48(35-60(61,4)57(54)64)45-17-9-13-21-53(45)65-56/h5-22,24-33,35-38,43,57H,23,34H2,1-4H3/q+1. The van der Waals surface area contributed by atoms with Crippen LogP contribution in [0.25, 0.3) is 27.3 Å². The second-order valence-corrected chi connectivity index (χ2v) is 21.0. The van der Waals surface area contributed by atoms with Gasteiger partial charge in [-0.05, 0) is 123 Å². The van der Waals surface area contributed by atoms with Crippen LogP contribution in [0.2, 0.25) is 0 Å². The van der Waals surface area contributed by atoms with Crippen LogP contribution in [-0.2, 0) is 5.41 Å². The molecule has 0 N–H and O–H groups in total. The number of benzene rings is 5. The summed E-state index contributed by atoms with van der Waals surface area (Å²) in [6.45, 7) is 9.85. The van der Waals surface area contributed by atoms with Gasteiger partial charge in [-0.3, -0.25) is 0 Å². The van der Waals surface area contributed by atoms with Crippen molar-refractivity contribution in [2.45, 2.75) is 57.9 Å². The average molecular weight is 857 g/mol. The molecular weight excluding hydrogens is 807 g/mol. The number of anilines is 1. The van der Waals surface area contributed by atoms with E-state index in [1.165, 1.54) is 64.6 Å². The molecule has 14 rings (SSSR count). The van der Waals surface area contributed by atoms with Gasteiger partial charge in [-0.1, -0.05) is 166 Å². The van der Waals surface area contributed by atoms with Gasteiger partial charge in [0.1, 0.15) is 5.69 Å². The molecule has 7 unspecified atom stereocenters. The van der Waals surface area contributed by atoms with E-state index >= 15 is 0 Å². The molecule has 0 saturated heterocycles. The largest absolute Gasteiger partial charge is 0.332 e. The van der Waals surface area contributed by atoms with Crippen LogP contribution in [0.1, 0.15) is 74.3 Å². The smallest absolute Gasteiger partial charge is 0.279 e. The Balaban J connectivity index is 0.952. The molecule has 4 heteroatoms. The van der Waals surface area contributed by atoms with Crippen molar-refractivity contribution in [1.82, 2.24) is 0 Å². The summed E-state index contributed by atoms with van der Waals surface area (Å²) in [7, 11) is 0. The molecule has 3 aliphatic heterocycles. The van der Waals surface area contributed by atoms with Gasteiger partial charge in [0.05, 0.1) is 17.0 Å². The number of nitrogens with zero attached hydrogens (tertiary/aromatic N) is 3. The number of para-hydroxylation sites is 1. The predicted octanol–water partition coefficient (Wildman–Crippen LogP) is 12.7. The van der Waals surface area contributed by atoms with Gasteiger partial charge in [-0.15, -0.1) is 11.3 Å². The molecule has 7 atom stereocenters. The first-order valence-corrected chi connectivity index (χ1v) is 24.5. The van der Waals surface area contributed by atoms with E-state index in [0.29, 0.717) is 11.8 Å². The van der Waals surface area contributed by atoms with E-state index in [2.05, 4.69) is 213 Å². The predicted molar refractivity (Wildman–Crippen MR) is 270 cm³/mol. The summed E-state index contributed by atoms with van der Waals surface area (Å²) in [4.78, 5) is 7.95. The molecule has 4 heterocycles. The number of amidine groups is 2. The van der Waals surface area contributed by atoms with Crippen molar-refractivity contribution < 1.29 is 4.58 Å². The van der Waals surface area contributed by atoms with Crippen molar-refractivity contribution in [3.05, 3.63) is 230 Å². The topological polar surface area (TPSA) is 18.6 Å². The Hall–Kier alpha value is -6.62. The van der Waals surface area contributed by atoms with Crippen LogP contribution >= 0.6 is 11.3 Å². The maximum atomic E-state index is 5.16. The number of thiophene rings is 1. The third-order valence-electron chi connectivity index (χ3n) is 16.4. The van der Waals surface area contributed by atoms with Crippen LogP contribution in [0, 0.1) is 23.2 Å². The van der Waals surface area contributed by atoms with Crippen LogP contribution < -0.4 is 14.7 Å². The molecule has 314 valence electrons. The molecule has 1 spiro atoms. The van der Waals surface area contributed by atoms with Crippen LogP contribution in [0.15, 0.2) is 197 Å². The highest BCUT2D eigenvalue weighted by molar-refractivity contribution is 7.17. The zero-order valence-electron chi connectivity index (χ0n) is 37.3. The van der Waals surface area contributed by atoms with Crippen molar-refractivity contribution in [2.75, 3.05) is 4.90 Å². The van der Waals surface area contributed by atoms with E-state index < -0.39 is 5.41 Å². The molecule has 0 fully saturated rings. The minimum absolute atomic E-state index is 0.147. The first-order chi connectivity index (χ1) is 31.8. The molecule has 0 amide bonds. The lowest BCUT2D eigenvalue weighted by molar-refractivity contribution is -0.319. The lowest BCUT2D eigenvalue weighted by Gasteiger charge is -2.60. The summed E-state index contributed by atoms with van der Waals surface area (Å²) >= 11 is 2.01. The third kappa shape index (κ3) is 4.86. The lowest BCUT2D eigenvalue weighted by atomic mass is 9.47. The minimum atomic E-state index is -0.420. The fourth-order valence-corrected chi connectivity index (χ4v) is 14.9. The number of aliphatic imine (C=N–C) groups is 1. The first-order valence-electron chi connectivity index (χ1n) is 23.7. The zero-order valence-corrected chi connectivity index (χ0v) is 38.1. The highest BCUT2D eigenvalue weighted by atomic mass is 32.1. The molecule has 5 aromatic carbocycles. The quantitative estimate of drug-likeness (QED) is 0.162. The minimum Gasteiger partial charge on any atom is -0.332 e. The van der Waals surface area contributed by atoms with Crippen molar-refractivity contribution in [3.63, 3.8) is 0 Å². The van der Waals surface area contributed by atoms with Crippen molar-refractivity contribution in [2.24, 2.45) is 28.2 Å². The van der Waals surface area contributed by atoms with E-state index in [4.69, 9.17) is 4.99 Å².